The fourth-order valence-electron chi connectivity index (χ4n) is 2.55. The number of aryl methyl sites for hydroxylation is 1. The van der Waals surface area contributed by atoms with Crippen LogP contribution in [0.2, 0.25) is 0 Å². The molecule has 112 valence electrons. The fourth-order valence-corrected chi connectivity index (χ4v) is 2.55. The highest BCUT2D eigenvalue weighted by Gasteiger charge is 2.38. The molecule has 4 heteroatoms. The molecule has 1 aromatic heterocycles. The third-order valence-electron chi connectivity index (χ3n) is 3.51. The SMILES string of the molecule is CCOC(=O)C(CN)(CCc1cccnc1)CC(C)C. The number of aromatic nitrogens is 1. The van der Waals surface area contributed by atoms with Crippen molar-refractivity contribution in [3.8, 4) is 0 Å². The van der Waals surface area contributed by atoms with E-state index in [4.69, 9.17) is 10.5 Å². The second-order valence-electron chi connectivity index (χ2n) is 5.66. The summed E-state index contributed by atoms with van der Waals surface area (Å²) in [5.41, 5.74) is 6.48. The molecule has 0 radical (unpaired) electrons. The summed E-state index contributed by atoms with van der Waals surface area (Å²) in [5.74, 6) is 0.233. The largest absolute Gasteiger partial charge is 0.466 e. The number of rotatable bonds is 8. The molecule has 0 fully saturated rings. The number of hydrogen-bond acceptors (Lipinski definition) is 4. The quantitative estimate of drug-likeness (QED) is 0.742. The highest BCUT2D eigenvalue weighted by Crippen LogP contribution is 2.32. The van der Waals surface area contributed by atoms with Gasteiger partial charge >= 0.3 is 5.97 Å². The van der Waals surface area contributed by atoms with Crippen LogP contribution in [0.15, 0.2) is 24.5 Å². The Labute approximate surface area is 121 Å². The van der Waals surface area contributed by atoms with Crippen LogP contribution in [-0.2, 0) is 16.0 Å². The smallest absolute Gasteiger partial charge is 0.313 e. The van der Waals surface area contributed by atoms with Crippen molar-refractivity contribution in [2.24, 2.45) is 17.1 Å². The highest BCUT2D eigenvalue weighted by atomic mass is 16.5. The maximum atomic E-state index is 12.3. The van der Waals surface area contributed by atoms with Gasteiger partial charge in [0.15, 0.2) is 0 Å². The van der Waals surface area contributed by atoms with Crippen molar-refractivity contribution in [3.05, 3.63) is 30.1 Å². The van der Waals surface area contributed by atoms with E-state index in [1.54, 1.807) is 6.20 Å². The van der Waals surface area contributed by atoms with Crippen molar-refractivity contribution >= 4 is 5.97 Å². The summed E-state index contributed by atoms with van der Waals surface area (Å²) in [5, 5.41) is 0. The summed E-state index contributed by atoms with van der Waals surface area (Å²) in [6, 6.07) is 3.93. The summed E-state index contributed by atoms with van der Waals surface area (Å²) in [6.07, 6.45) is 5.83. The highest BCUT2D eigenvalue weighted by molar-refractivity contribution is 5.77. The first-order chi connectivity index (χ1) is 9.54. The Bertz CT molecular complexity index is 406. The van der Waals surface area contributed by atoms with Gasteiger partial charge in [0.05, 0.1) is 12.0 Å². The molecule has 0 amide bonds. The van der Waals surface area contributed by atoms with Gasteiger partial charge in [0, 0.05) is 18.9 Å². The van der Waals surface area contributed by atoms with Gasteiger partial charge in [-0.05, 0) is 43.7 Å². The standard InChI is InChI=1S/C16H26N2O2/c1-4-20-15(19)16(12-17,10-13(2)3)8-7-14-6-5-9-18-11-14/h5-6,9,11,13H,4,7-8,10,12,17H2,1-3H3. The van der Waals surface area contributed by atoms with Gasteiger partial charge in [0.2, 0.25) is 0 Å². The van der Waals surface area contributed by atoms with Crippen molar-refractivity contribution in [3.63, 3.8) is 0 Å². The fraction of sp³-hybridized carbons (Fsp3) is 0.625. The lowest BCUT2D eigenvalue weighted by molar-refractivity contribution is -0.156. The first-order valence-corrected chi connectivity index (χ1v) is 7.30. The predicted molar refractivity (Wildman–Crippen MR) is 80.1 cm³/mol. The molecule has 0 aliphatic heterocycles. The molecule has 0 saturated carbocycles. The Morgan fingerprint density at radius 3 is 2.75 bits per heavy atom. The molecule has 1 atom stereocenters. The summed E-state index contributed by atoms with van der Waals surface area (Å²) in [6.45, 7) is 6.76. The van der Waals surface area contributed by atoms with Crippen molar-refractivity contribution in [1.82, 2.24) is 4.98 Å². The molecule has 4 nitrogen and oxygen atoms in total. The van der Waals surface area contributed by atoms with Crippen molar-refractivity contribution in [2.75, 3.05) is 13.2 Å². The Morgan fingerprint density at radius 2 is 2.25 bits per heavy atom. The molecule has 0 spiro atoms. The van der Waals surface area contributed by atoms with E-state index in [1.165, 1.54) is 0 Å². The first-order valence-electron chi connectivity index (χ1n) is 7.30. The minimum atomic E-state index is -0.583. The van der Waals surface area contributed by atoms with Crippen molar-refractivity contribution in [2.45, 2.75) is 40.0 Å². The molecule has 0 saturated heterocycles. The van der Waals surface area contributed by atoms with E-state index < -0.39 is 5.41 Å². The van der Waals surface area contributed by atoms with E-state index in [1.807, 2.05) is 25.3 Å². The Kier molecular flexibility index (Phi) is 6.65. The predicted octanol–water partition coefficient (Wildman–Crippen LogP) is 2.57. The molecule has 0 aliphatic rings. The summed E-state index contributed by atoms with van der Waals surface area (Å²) >= 11 is 0. The van der Waals surface area contributed by atoms with E-state index in [9.17, 15) is 4.79 Å². The minimum Gasteiger partial charge on any atom is -0.466 e. The van der Waals surface area contributed by atoms with E-state index in [0.29, 0.717) is 25.5 Å². The van der Waals surface area contributed by atoms with Gasteiger partial charge in [0.1, 0.15) is 0 Å². The normalized spacial score (nSPS) is 14.1. The van der Waals surface area contributed by atoms with E-state index >= 15 is 0 Å². The molecule has 1 aromatic rings. The van der Waals surface area contributed by atoms with Crippen molar-refractivity contribution < 1.29 is 9.53 Å². The average Bonchev–Trinajstić information content (AvgIpc) is 2.44. The molecular weight excluding hydrogens is 252 g/mol. The lowest BCUT2D eigenvalue weighted by Crippen LogP contribution is -2.41. The number of carbonyl (C=O) groups excluding carboxylic acids is 1. The van der Waals surface area contributed by atoms with E-state index in [0.717, 1.165) is 18.4 Å². The molecule has 1 heterocycles. The van der Waals surface area contributed by atoms with Gasteiger partial charge < -0.3 is 10.5 Å². The molecule has 1 unspecified atom stereocenters. The summed E-state index contributed by atoms with van der Waals surface area (Å²) in [7, 11) is 0. The summed E-state index contributed by atoms with van der Waals surface area (Å²) in [4.78, 5) is 16.4. The van der Waals surface area contributed by atoms with E-state index in [2.05, 4.69) is 18.8 Å². The van der Waals surface area contributed by atoms with E-state index in [-0.39, 0.29) is 5.97 Å². The maximum absolute atomic E-state index is 12.3. The van der Waals surface area contributed by atoms with Gasteiger partial charge in [-0.15, -0.1) is 0 Å². The molecule has 0 aliphatic carbocycles. The van der Waals surface area contributed by atoms with Crippen LogP contribution in [0.5, 0.6) is 0 Å². The Morgan fingerprint density at radius 1 is 1.50 bits per heavy atom. The zero-order valence-corrected chi connectivity index (χ0v) is 12.8. The van der Waals surface area contributed by atoms with Gasteiger partial charge in [0.25, 0.3) is 0 Å². The molecule has 0 aromatic carbocycles. The topological polar surface area (TPSA) is 65.2 Å². The zero-order chi connectivity index (χ0) is 15.0. The molecule has 1 rings (SSSR count). The minimum absolute atomic E-state index is 0.167. The Balaban J connectivity index is 2.83. The van der Waals surface area contributed by atoms with Crippen LogP contribution < -0.4 is 5.73 Å². The van der Waals surface area contributed by atoms with Gasteiger partial charge in [-0.1, -0.05) is 19.9 Å². The van der Waals surface area contributed by atoms with Crippen LogP contribution in [0, 0.1) is 11.3 Å². The van der Waals surface area contributed by atoms with Crippen LogP contribution in [0.3, 0.4) is 0 Å². The zero-order valence-electron chi connectivity index (χ0n) is 12.8. The first kappa shape index (κ1) is 16.6. The molecule has 0 bridgehead atoms. The maximum Gasteiger partial charge on any atom is 0.313 e. The lowest BCUT2D eigenvalue weighted by Gasteiger charge is -2.31. The molecular formula is C16H26N2O2. The number of pyridine rings is 1. The average molecular weight is 278 g/mol. The van der Waals surface area contributed by atoms with Gasteiger partial charge in [-0.3, -0.25) is 9.78 Å². The Hall–Kier alpha value is -1.42. The second-order valence-corrected chi connectivity index (χ2v) is 5.66. The number of esters is 1. The van der Waals surface area contributed by atoms with Crippen molar-refractivity contribution in [1.29, 1.82) is 0 Å². The van der Waals surface area contributed by atoms with Crippen LogP contribution in [-0.4, -0.2) is 24.1 Å². The third-order valence-corrected chi connectivity index (χ3v) is 3.51. The number of nitrogens with two attached hydrogens (primary N) is 1. The van der Waals surface area contributed by atoms with Crippen LogP contribution in [0.25, 0.3) is 0 Å². The second kappa shape index (κ2) is 8.00. The lowest BCUT2D eigenvalue weighted by atomic mass is 9.76. The molecule has 2 N–H and O–H groups in total. The third kappa shape index (κ3) is 4.60. The summed E-state index contributed by atoms with van der Waals surface area (Å²) < 4.78 is 5.25. The van der Waals surface area contributed by atoms with Crippen LogP contribution in [0.1, 0.15) is 39.2 Å². The monoisotopic (exact) mass is 278 g/mol. The van der Waals surface area contributed by atoms with Crippen LogP contribution >= 0.6 is 0 Å². The van der Waals surface area contributed by atoms with Gasteiger partial charge in [-0.25, -0.2) is 0 Å². The van der Waals surface area contributed by atoms with Crippen LogP contribution in [0.4, 0.5) is 0 Å². The number of carbonyl (C=O) groups is 1. The number of hydrogen-bond donors (Lipinski definition) is 1. The number of nitrogens with zero attached hydrogens (tertiary/aromatic N) is 1. The van der Waals surface area contributed by atoms with Gasteiger partial charge in [-0.2, -0.15) is 0 Å². The molecule has 20 heavy (non-hydrogen) atoms. The number of ether oxygens (including phenoxy) is 1.